The molecule has 1 N–H and O–H groups in total. The minimum atomic E-state index is 0.682. The van der Waals surface area contributed by atoms with Crippen molar-refractivity contribution >= 4 is 0 Å². The Morgan fingerprint density at radius 2 is 2.06 bits per heavy atom. The highest BCUT2D eigenvalue weighted by Gasteiger charge is 2.02. The third kappa shape index (κ3) is 3.32. The van der Waals surface area contributed by atoms with E-state index >= 15 is 0 Å². The van der Waals surface area contributed by atoms with Gasteiger partial charge in [0, 0.05) is 18.9 Å². The van der Waals surface area contributed by atoms with Gasteiger partial charge in [-0.1, -0.05) is 13.0 Å². The lowest BCUT2D eigenvalue weighted by Crippen LogP contribution is -2.15. The van der Waals surface area contributed by atoms with E-state index in [1.807, 2.05) is 24.3 Å². The molecule has 0 radical (unpaired) electrons. The minimum absolute atomic E-state index is 0.682. The third-order valence-electron chi connectivity index (χ3n) is 2.34. The van der Waals surface area contributed by atoms with E-state index in [0.717, 1.165) is 30.9 Å². The van der Waals surface area contributed by atoms with Crippen molar-refractivity contribution in [2.45, 2.75) is 19.9 Å². The topological polar surface area (TPSA) is 50.7 Å². The predicted molar refractivity (Wildman–Crippen MR) is 67.3 cm³/mol. The fourth-order valence-corrected chi connectivity index (χ4v) is 1.51. The van der Waals surface area contributed by atoms with Crippen LogP contribution in [0.4, 0.5) is 0 Å². The summed E-state index contributed by atoms with van der Waals surface area (Å²) in [6.07, 6.45) is 4.65. The van der Waals surface area contributed by atoms with Gasteiger partial charge in [0.15, 0.2) is 5.82 Å². The molecule has 4 heteroatoms. The summed E-state index contributed by atoms with van der Waals surface area (Å²) in [5, 5.41) is 3.32. The van der Waals surface area contributed by atoms with Crippen LogP contribution >= 0.6 is 0 Å². The summed E-state index contributed by atoms with van der Waals surface area (Å²) in [7, 11) is 0. The number of nitrogens with zero attached hydrogens (tertiary/aromatic N) is 3. The van der Waals surface area contributed by atoms with Gasteiger partial charge in [-0.05, 0) is 31.2 Å². The normalized spacial score (nSPS) is 10.4. The average molecular weight is 228 g/mol. The Morgan fingerprint density at radius 3 is 2.82 bits per heavy atom. The van der Waals surface area contributed by atoms with E-state index in [4.69, 9.17) is 0 Å². The van der Waals surface area contributed by atoms with Crippen LogP contribution in [0.2, 0.25) is 0 Å². The standard InChI is InChI=1S/C13H16N4/c1-2-7-14-10-11-6-9-16-13(17-11)12-5-3-4-8-15-12/h3-6,8-9,14H,2,7,10H2,1H3. The van der Waals surface area contributed by atoms with Crippen molar-refractivity contribution in [1.29, 1.82) is 0 Å². The molecule has 2 rings (SSSR count). The zero-order valence-electron chi connectivity index (χ0n) is 9.93. The predicted octanol–water partition coefficient (Wildman–Crippen LogP) is 2.04. The van der Waals surface area contributed by atoms with Crippen LogP contribution in [-0.4, -0.2) is 21.5 Å². The first-order chi connectivity index (χ1) is 8.40. The highest BCUT2D eigenvalue weighted by Crippen LogP contribution is 2.10. The number of pyridine rings is 1. The molecule has 0 spiro atoms. The van der Waals surface area contributed by atoms with Crippen LogP contribution in [-0.2, 0) is 6.54 Å². The van der Waals surface area contributed by atoms with Crippen LogP contribution in [0.1, 0.15) is 19.0 Å². The van der Waals surface area contributed by atoms with E-state index in [1.165, 1.54) is 0 Å². The van der Waals surface area contributed by atoms with Gasteiger partial charge in [-0.15, -0.1) is 0 Å². The monoisotopic (exact) mass is 228 g/mol. The SMILES string of the molecule is CCCNCc1ccnc(-c2ccccn2)n1. The Balaban J connectivity index is 2.12. The van der Waals surface area contributed by atoms with Crippen LogP contribution in [0.15, 0.2) is 36.7 Å². The molecule has 88 valence electrons. The molecule has 0 saturated heterocycles. The first-order valence-corrected chi connectivity index (χ1v) is 5.84. The van der Waals surface area contributed by atoms with E-state index in [1.54, 1.807) is 12.4 Å². The van der Waals surface area contributed by atoms with Gasteiger partial charge in [-0.3, -0.25) is 4.98 Å². The molecule has 0 amide bonds. The molecule has 0 fully saturated rings. The lowest BCUT2D eigenvalue weighted by Gasteiger charge is -2.04. The molecule has 17 heavy (non-hydrogen) atoms. The zero-order valence-corrected chi connectivity index (χ0v) is 9.93. The number of hydrogen-bond acceptors (Lipinski definition) is 4. The van der Waals surface area contributed by atoms with Crippen LogP contribution in [0.5, 0.6) is 0 Å². The lowest BCUT2D eigenvalue weighted by atomic mass is 10.3. The molecule has 0 aliphatic rings. The molecule has 0 unspecified atom stereocenters. The van der Waals surface area contributed by atoms with Crippen molar-refractivity contribution in [3.8, 4) is 11.5 Å². The molecule has 4 nitrogen and oxygen atoms in total. The maximum absolute atomic E-state index is 4.48. The highest BCUT2D eigenvalue weighted by molar-refractivity contribution is 5.47. The Hall–Kier alpha value is -1.81. The molecule has 0 aliphatic heterocycles. The second-order valence-electron chi connectivity index (χ2n) is 3.76. The summed E-state index contributed by atoms with van der Waals surface area (Å²) in [5.74, 6) is 0.682. The molecule has 2 heterocycles. The van der Waals surface area contributed by atoms with Crippen molar-refractivity contribution in [2.75, 3.05) is 6.54 Å². The highest BCUT2D eigenvalue weighted by atomic mass is 14.9. The van der Waals surface area contributed by atoms with Gasteiger partial charge in [0.1, 0.15) is 5.69 Å². The second-order valence-corrected chi connectivity index (χ2v) is 3.76. The molecule has 2 aromatic rings. The van der Waals surface area contributed by atoms with Gasteiger partial charge >= 0.3 is 0 Å². The largest absolute Gasteiger partial charge is 0.311 e. The minimum Gasteiger partial charge on any atom is -0.311 e. The van der Waals surface area contributed by atoms with Crippen LogP contribution in [0, 0.1) is 0 Å². The van der Waals surface area contributed by atoms with Crippen molar-refractivity contribution in [2.24, 2.45) is 0 Å². The maximum Gasteiger partial charge on any atom is 0.178 e. The summed E-state index contributed by atoms with van der Waals surface area (Å²) in [5.41, 5.74) is 1.80. The van der Waals surface area contributed by atoms with Gasteiger partial charge < -0.3 is 5.32 Å². The molecule has 0 aromatic carbocycles. The third-order valence-corrected chi connectivity index (χ3v) is 2.34. The maximum atomic E-state index is 4.48. The zero-order chi connectivity index (χ0) is 11.9. The summed E-state index contributed by atoms with van der Waals surface area (Å²) >= 11 is 0. The average Bonchev–Trinajstić information content (AvgIpc) is 2.41. The molecular weight excluding hydrogens is 212 g/mol. The number of hydrogen-bond donors (Lipinski definition) is 1. The molecule has 0 atom stereocenters. The number of nitrogens with one attached hydrogen (secondary N) is 1. The molecular formula is C13H16N4. The lowest BCUT2D eigenvalue weighted by molar-refractivity contribution is 0.663. The smallest absolute Gasteiger partial charge is 0.178 e. The molecule has 0 saturated carbocycles. The van der Waals surface area contributed by atoms with Gasteiger partial charge in [-0.25, -0.2) is 9.97 Å². The first kappa shape index (κ1) is 11.7. The van der Waals surface area contributed by atoms with Crippen molar-refractivity contribution in [1.82, 2.24) is 20.3 Å². The van der Waals surface area contributed by atoms with E-state index in [0.29, 0.717) is 5.82 Å². The van der Waals surface area contributed by atoms with E-state index in [-0.39, 0.29) is 0 Å². The summed E-state index contributed by atoms with van der Waals surface area (Å²) < 4.78 is 0. The van der Waals surface area contributed by atoms with Gasteiger partial charge in [-0.2, -0.15) is 0 Å². The quantitative estimate of drug-likeness (QED) is 0.796. The second kappa shape index (κ2) is 6.06. The number of rotatable bonds is 5. The van der Waals surface area contributed by atoms with Gasteiger partial charge in [0.05, 0.1) is 5.69 Å². The Kier molecular flexibility index (Phi) is 4.16. The first-order valence-electron chi connectivity index (χ1n) is 5.84. The Morgan fingerprint density at radius 1 is 1.12 bits per heavy atom. The van der Waals surface area contributed by atoms with E-state index in [2.05, 4.69) is 27.2 Å². The van der Waals surface area contributed by atoms with Crippen molar-refractivity contribution in [3.63, 3.8) is 0 Å². The summed E-state index contributed by atoms with van der Waals surface area (Å²) in [6, 6.07) is 7.66. The Bertz CT molecular complexity index is 456. The van der Waals surface area contributed by atoms with Gasteiger partial charge in [0.25, 0.3) is 0 Å². The summed E-state index contributed by atoms with van der Waals surface area (Å²) in [6.45, 7) is 3.92. The van der Waals surface area contributed by atoms with Crippen LogP contribution in [0.25, 0.3) is 11.5 Å². The number of aromatic nitrogens is 3. The van der Waals surface area contributed by atoms with Crippen molar-refractivity contribution in [3.05, 3.63) is 42.4 Å². The van der Waals surface area contributed by atoms with Crippen LogP contribution < -0.4 is 5.32 Å². The van der Waals surface area contributed by atoms with E-state index in [9.17, 15) is 0 Å². The Labute approximate surface area is 101 Å². The molecule has 2 aromatic heterocycles. The van der Waals surface area contributed by atoms with Crippen LogP contribution in [0.3, 0.4) is 0 Å². The summed E-state index contributed by atoms with van der Waals surface area (Å²) in [4.78, 5) is 13.0. The molecule has 0 bridgehead atoms. The molecule has 0 aliphatic carbocycles. The van der Waals surface area contributed by atoms with E-state index < -0.39 is 0 Å². The van der Waals surface area contributed by atoms with Gasteiger partial charge in [0.2, 0.25) is 0 Å². The van der Waals surface area contributed by atoms with Crippen molar-refractivity contribution < 1.29 is 0 Å². The fourth-order valence-electron chi connectivity index (χ4n) is 1.51. The fraction of sp³-hybridized carbons (Fsp3) is 0.308.